The van der Waals surface area contributed by atoms with Gasteiger partial charge in [-0.1, -0.05) is 17.7 Å². The molecule has 0 aliphatic carbocycles. The Balaban J connectivity index is 2.41. The minimum absolute atomic E-state index is 0.148. The average Bonchev–Trinajstić information content (AvgIpc) is 2.64. The summed E-state index contributed by atoms with van der Waals surface area (Å²) in [5, 5.41) is 4.53. The molecule has 4 heteroatoms. The third-order valence-electron chi connectivity index (χ3n) is 2.32. The van der Waals surface area contributed by atoms with Gasteiger partial charge in [0, 0.05) is 18.8 Å². The molecule has 82 valence electrons. The molecule has 0 aliphatic heterocycles. The Morgan fingerprint density at radius 1 is 1.38 bits per heavy atom. The van der Waals surface area contributed by atoms with Gasteiger partial charge in [-0.15, -0.1) is 0 Å². The number of aryl methyl sites for hydroxylation is 2. The Morgan fingerprint density at radius 2 is 2.12 bits per heavy atom. The van der Waals surface area contributed by atoms with E-state index in [1.807, 2.05) is 13.0 Å². The van der Waals surface area contributed by atoms with Crippen LogP contribution in [0.1, 0.15) is 21.6 Å². The summed E-state index contributed by atoms with van der Waals surface area (Å²) in [4.78, 5) is 12.0. The lowest BCUT2D eigenvalue weighted by atomic mass is 10.1. The van der Waals surface area contributed by atoms with E-state index in [4.69, 9.17) is 11.6 Å². The van der Waals surface area contributed by atoms with Gasteiger partial charge >= 0.3 is 0 Å². The number of halogens is 1. The van der Waals surface area contributed by atoms with E-state index in [9.17, 15) is 4.79 Å². The van der Waals surface area contributed by atoms with Crippen LogP contribution in [0.3, 0.4) is 0 Å². The van der Waals surface area contributed by atoms with Crippen molar-refractivity contribution in [2.45, 2.75) is 6.92 Å². The van der Waals surface area contributed by atoms with Crippen molar-refractivity contribution in [1.82, 2.24) is 9.78 Å². The summed E-state index contributed by atoms with van der Waals surface area (Å²) in [5.41, 5.74) is 1.93. The molecule has 0 amide bonds. The lowest BCUT2D eigenvalue weighted by Crippen LogP contribution is -2.04. The van der Waals surface area contributed by atoms with Crippen molar-refractivity contribution in [3.63, 3.8) is 0 Å². The summed E-state index contributed by atoms with van der Waals surface area (Å²) < 4.78 is 1.59. The highest BCUT2D eigenvalue weighted by molar-refractivity contribution is 6.34. The van der Waals surface area contributed by atoms with Crippen LogP contribution in [0.4, 0.5) is 0 Å². The van der Waals surface area contributed by atoms with Gasteiger partial charge in [-0.05, 0) is 30.7 Å². The highest BCUT2D eigenvalue weighted by Crippen LogP contribution is 2.20. The number of rotatable bonds is 2. The van der Waals surface area contributed by atoms with E-state index < -0.39 is 0 Å². The second-order valence-corrected chi connectivity index (χ2v) is 4.09. The Bertz CT molecular complexity index is 546. The molecule has 0 aliphatic rings. The number of ketones is 1. The number of hydrogen-bond acceptors (Lipinski definition) is 2. The Morgan fingerprint density at radius 3 is 2.69 bits per heavy atom. The van der Waals surface area contributed by atoms with Crippen LogP contribution in [0.25, 0.3) is 0 Å². The van der Waals surface area contributed by atoms with E-state index >= 15 is 0 Å². The third kappa shape index (κ3) is 1.99. The van der Waals surface area contributed by atoms with Gasteiger partial charge in [-0.2, -0.15) is 5.10 Å². The number of hydrogen-bond donors (Lipinski definition) is 0. The predicted molar refractivity (Wildman–Crippen MR) is 62.8 cm³/mol. The van der Waals surface area contributed by atoms with Crippen molar-refractivity contribution in [1.29, 1.82) is 0 Å². The molecule has 0 radical (unpaired) electrons. The van der Waals surface area contributed by atoms with Gasteiger partial charge in [-0.25, -0.2) is 0 Å². The molecule has 2 rings (SSSR count). The second kappa shape index (κ2) is 4.10. The first-order valence-electron chi connectivity index (χ1n) is 4.88. The summed E-state index contributed by atoms with van der Waals surface area (Å²) in [6.07, 6.45) is 1.73. The molecule has 0 saturated heterocycles. The first-order valence-corrected chi connectivity index (χ1v) is 5.26. The summed E-state index contributed by atoms with van der Waals surface area (Å²) in [6, 6.07) is 7.05. The van der Waals surface area contributed by atoms with Crippen molar-refractivity contribution in [3.05, 3.63) is 52.3 Å². The zero-order valence-corrected chi connectivity index (χ0v) is 9.82. The monoisotopic (exact) mass is 234 g/mol. The maximum absolute atomic E-state index is 12.0. The fourth-order valence-corrected chi connectivity index (χ4v) is 1.80. The minimum atomic E-state index is -0.148. The summed E-state index contributed by atoms with van der Waals surface area (Å²) in [6.45, 7) is 1.93. The quantitative estimate of drug-likeness (QED) is 0.749. The van der Waals surface area contributed by atoms with Crippen LogP contribution < -0.4 is 0 Å². The molecule has 0 spiro atoms. The molecule has 16 heavy (non-hydrogen) atoms. The number of aromatic nitrogens is 2. The van der Waals surface area contributed by atoms with Crippen molar-refractivity contribution >= 4 is 17.4 Å². The van der Waals surface area contributed by atoms with E-state index in [2.05, 4.69) is 5.10 Å². The van der Waals surface area contributed by atoms with Crippen LogP contribution >= 0.6 is 11.6 Å². The fraction of sp³-hybridized carbons (Fsp3) is 0.167. The lowest BCUT2D eigenvalue weighted by molar-refractivity contribution is 0.103. The van der Waals surface area contributed by atoms with Crippen molar-refractivity contribution < 1.29 is 4.79 Å². The van der Waals surface area contributed by atoms with E-state index in [0.29, 0.717) is 16.3 Å². The van der Waals surface area contributed by atoms with Gasteiger partial charge < -0.3 is 0 Å². The van der Waals surface area contributed by atoms with Crippen molar-refractivity contribution in [3.8, 4) is 0 Å². The molecular formula is C12H11ClN2O. The first-order chi connectivity index (χ1) is 7.58. The Hall–Kier alpha value is -1.61. The molecule has 2 aromatic rings. The number of carbonyl (C=O) groups is 1. The normalized spacial score (nSPS) is 10.4. The van der Waals surface area contributed by atoms with Gasteiger partial charge in [0.25, 0.3) is 0 Å². The smallest absolute Gasteiger partial charge is 0.214 e. The van der Waals surface area contributed by atoms with Gasteiger partial charge in [-0.3, -0.25) is 9.48 Å². The third-order valence-corrected chi connectivity index (χ3v) is 2.63. The maximum atomic E-state index is 12.0. The Labute approximate surface area is 98.7 Å². The summed E-state index contributed by atoms with van der Waals surface area (Å²) in [7, 11) is 1.77. The van der Waals surface area contributed by atoms with Crippen LogP contribution in [0, 0.1) is 6.92 Å². The van der Waals surface area contributed by atoms with Crippen LogP contribution in [-0.2, 0) is 7.05 Å². The summed E-state index contributed by atoms with van der Waals surface area (Å²) >= 11 is 6.03. The number of nitrogens with zero attached hydrogens (tertiary/aromatic N) is 2. The molecule has 0 atom stereocenters. The molecule has 3 nitrogen and oxygen atoms in total. The van der Waals surface area contributed by atoms with Crippen LogP contribution in [0.2, 0.25) is 5.02 Å². The highest BCUT2D eigenvalue weighted by atomic mass is 35.5. The molecule has 1 heterocycles. The Kier molecular flexibility index (Phi) is 2.79. The zero-order chi connectivity index (χ0) is 11.7. The van der Waals surface area contributed by atoms with Gasteiger partial charge in [0.05, 0.1) is 5.02 Å². The van der Waals surface area contributed by atoms with Gasteiger partial charge in [0.2, 0.25) is 5.78 Å². The maximum Gasteiger partial charge on any atom is 0.214 e. The first kappa shape index (κ1) is 10.9. The molecular weight excluding hydrogens is 224 g/mol. The molecule has 1 aromatic carbocycles. The molecule has 0 fully saturated rings. The van der Waals surface area contributed by atoms with E-state index in [0.717, 1.165) is 5.56 Å². The molecule has 0 bridgehead atoms. The van der Waals surface area contributed by atoms with Gasteiger partial charge in [0.15, 0.2) is 0 Å². The standard InChI is InChI=1S/C12H11ClN2O/c1-8-3-4-9(10(13)7-8)12(16)11-5-6-15(2)14-11/h3-7H,1-2H3. The summed E-state index contributed by atoms with van der Waals surface area (Å²) in [5.74, 6) is -0.148. The molecule has 1 aromatic heterocycles. The largest absolute Gasteiger partial charge is 0.287 e. The fourth-order valence-electron chi connectivity index (χ4n) is 1.48. The number of carbonyl (C=O) groups excluding carboxylic acids is 1. The van der Waals surface area contributed by atoms with Crippen LogP contribution in [0.15, 0.2) is 30.5 Å². The van der Waals surface area contributed by atoms with Crippen LogP contribution in [0.5, 0.6) is 0 Å². The molecule has 0 N–H and O–H groups in total. The topological polar surface area (TPSA) is 34.9 Å². The van der Waals surface area contributed by atoms with E-state index in [-0.39, 0.29) is 5.78 Å². The van der Waals surface area contributed by atoms with E-state index in [1.54, 1.807) is 36.1 Å². The van der Waals surface area contributed by atoms with Gasteiger partial charge in [0.1, 0.15) is 5.69 Å². The average molecular weight is 235 g/mol. The van der Waals surface area contributed by atoms with Crippen molar-refractivity contribution in [2.75, 3.05) is 0 Å². The molecule has 0 unspecified atom stereocenters. The zero-order valence-electron chi connectivity index (χ0n) is 9.07. The minimum Gasteiger partial charge on any atom is -0.287 e. The van der Waals surface area contributed by atoms with Crippen LogP contribution in [-0.4, -0.2) is 15.6 Å². The SMILES string of the molecule is Cc1ccc(C(=O)c2ccn(C)n2)c(Cl)c1. The lowest BCUT2D eigenvalue weighted by Gasteiger charge is -2.02. The predicted octanol–water partition coefficient (Wildman–Crippen LogP) is 2.61. The number of benzene rings is 1. The highest BCUT2D eigenvalue weighted by Gasteiger charge is 2.14. The second-order valence-electron chi connectivity index (χ2n) is 3.69. The van der Waals surface area contributed by atoms with E-state index in [1.165, 1.54) is 0 Å². The van der Waals surface area contributed by atoms with Crippen molar-refractivity contribution in [2.24, 2.45) is 7.05 Å². The molecule has 0 saturated carbocycles.